The molecule has 0 heterocycles. The van der Waals surface area contributed by atoms with E-state index in [1.807, 2.05) is 0 Å². The highest BCUT2D eigenvalue weighted by atomic mass is 16.5. The Hall–Kier alpha value is -0.0400. The lowest BCUT2D eigenvalue weighted by Gasteiger charge is -2.04. The number of hydrogen-bond donors (Lipinski definition) is 0. The number of unbranched alkanes of at least 4 members (excludes halogenated alkanes) is 13. The van der Waals surface area contributed by atoms with Crippen LogP contribution in [0, 0.1) is 12.5 Å². The monoisotopic (exact) mass is 295 g/mol. The van der Waals surface area contributed by atoms with Crippen LogP contribution in [0.5, 0.6) is 0 Å². The first-order valence-corrected chi connectivity index (χ1v) is 9.88. The quantitative estimate of drug-likeness (QED) is 0.261. The summed E-state index contributed by atoms with van der Waals surface area (Å²) in [5.41, 5.74) is 0. The van der Waals surface area contributed by atoms with Crippen molar-refractivity contribution in [1.29, 1.82) is 0 Å². The Balaban J connectivity index is 1.59. The predicted molar refractivity (Wildman–Crippen MR) is 93.3 cm³/mol. The Morgan fingerprint density at radius 3 is 1.52 bits per heavy atom. The van der Waals surface area contributed by atoms with Crippen LogP contribution < -0.4 is 0 Å². The maximum absolute atomic E-state index is 5.54. The van der Waals surface area contributed by atoms with Crippen LogP contribution in [0.25, 0.3) is 0 Å². The third kappa shape index (κ3) is 14.7. The second kappa shape index (κ2) is 14.9. The van der Waals surface area contributed by atoms with Crippen LogP contribution >= 0.6 is 0 Å². The third-order valence-corrected chi connectivity index (χ3v) is 4.53. The molecule has 21 heavy (non-hydrogen) atoms. The molecule has 0 N–H and O–H groups in total. The first-order valence-electron chi connectivity index (χ1n) is 9.88. The molecule has 1 radical (unpaired) electrons. The molecule has 0 aromatic rings. The molecule has 1 rings (SSSR count). The van der Waals surface area contributed by atoms with Gasteiger partial charge in [0.05, 0.1) is 6.61 Å². The van der Waals surface area contributed by atoms with Crippen molar-refractivity contribution in [2.45, 2.75) is 110 Å². The van der Waals surface area contributed by atoms with Crippen LogP contribution in [-0.2, 0) is 4.74 Å². The minimum absolute atomic E-state index is 0.802. The van der Waals surface area contributed by atoms with E-state index < -0.39 is 0 Å². The summed E-state index contributed by atoms with van der Waals surface area (Å²) in [6, 6.07) is 0. The van der Waals surface area contributed by atoms with Crippen molar-refractivity contribution in [2.75, 3.05) is 6.61 Å². The number of hydrogen-bond acceptors (Lipinski definition) is 1. The van der Waals surface area contributed by atoms with Crippen molar-refractivity contribution in [2.24, 2.45) is 5.92 Å². The van der Waals surface area contributed by atoms with Gasteiger partial charge in [-0.1, -0.05) is 90.4 Å². The molecular formula is C20H39O. The van der Waals surface area contributed by atoms with Gasteiger partial charge in [-0.2, -0.15) is 0 Å². The lowest BCUT2D eigenvalue weighted by Crippen LogP contribution is -1.93. The Kier molecular flexibility index (Phi) is 13.5. The van der Waals surface area contributed by atoms with Crippen molar-refractivity contribution in [3.05, 3.63) is 6.61 Å². The number of ether oxygens (including phenoxy) is 1. The van der Waals surface area contributed by atoms with Gasteiger partial charge in [0.25, 0.3) is 0 Å². The first-order chi connectivity index (χ1) is 10.4. The SMILES string of the molecule is CCCCCCCCCCCCCCCCO[CH]C1CC1. The smallest absolute Gasteiger partial charge is 0.0867 e. The summed E-state index contributed by atoms with van der Waals surface area (Å²) in [5.74, 6) is 0.802. The Labute approximate surface area is 134 Å². The van der Waals surface area contributed by atoms with Gasteiger partial charge in [0.1, 0.15) is 0 Å². The molecule has 1 heteroatoms. The van der Waals surface area contributed by atoms with Crippen LogP contribution in [0.3, 0.4) is 0 Å². The van der Waals surface area contributed by atoms with Crippen LogP contribution in [0.2, 0.25) is 0 Å². The van der Waals surface area contributed by atoms with E-state index in [2.05, 4.69) is 13.5 Å². The van der Waals surface area contributed by atoms with E-state index in [4.69, 9.17) is 4.74 Å². The van der Waals surface area contributed by atoms with Gasteiger partial charge in [0.2, 0.25) is 0 Å². The fraction of sp³-hybridized carbons (Fsp3) is 0.950. The molecular weight excluding hydrogens is 256 g/mol. The zero-order chi connectivity index (χ0) is 15.0. The number of rotatable bonds is 17. The van der Waals surface area contributed by atoms with Gasteiger partial charge in [0.15, 0.2) is 0 Å². The molecule has 1 aliphatic rings. The lowest BCUT2D eigenvalue weighted by atomic mass is 10.0. The summed E-state index contributed by atoms with van der Waals surface area (Å²) in [6.45, 7) is 5.32. The molecule has 0 aromatic heterocycles. The molecule has 0 unspecified atom stereocenters. The van der Waals surface area contributed by atoms with Crippen molar-refractivity contribution in [1.82, 2.24) is 0 Å². The molecule has 0 atom stereocenters. The fourth-order valence-corrected chi connectivity index (χ4v) is 2.82. The second-order valence-corrected chi connectivity index (χ2v) is 6.94. The minimum atomic E-state index is 0.802. The normalized spacial score (nSPS) is 14.7. The van der Waals surface area contributed by atoms with Crippen LogP contribution in [0.4, 0.5) is 0 Å². The standard InChI is InChI=1S/C20H39O/c1-2-3-4-5-6-7-8-9-10-11-12-13-14-15-18-21-19-20-16-17-20/h19-20H,2-18H2,1H3. The van der Waals surface area contributed by atoms with Crippen molar-refractivity contribution >= 4 is 0 Å². The summed E-state index contributed by atoms with van der Waals surface area (Å²) in [6.07, 6.45) is 22.7. The fourth-order valence-electron chi connectivity index (χ4n) is 2.82. The highest BCUT2D eigenvalue weighted by Crippen LogP contribution is 2.31. The average Bonchev–Trinajstić information content (AvgIpc) is 3.31. The van der Waals surface area contributed by atoms with Gasteiger partial charge in [0, 0.05) is 6.61 Å². The summed E-state index contributed by atoms with van der Waals surface area (Å²) in [5, 5.41) is 0. The first kappa shape index (κ1) is 19.0. The highest BCUT2D eigenvalue weighted by molar-refractivity contribution is 4.80. The molecule has 0 aliphatic heterocycles. The predicted octanol–water partition coefficient (Wildman–Crippen LogP) is 7.06. The van der Waals surface area contributed by atoms with E-state index in [-0.39, 0.29) is 0 Å². The van der Waals surface area contributed by atoms with E-state index in [1.165, 1.54) is 103 Å². The van der Waals surface area contributed by atoms with E-state index in [0.717, 1.165) is 12.5 Å². The van der Waals surface area contributed by atoms with Gasteiger partial charge >= 0.3 is 0 Å². The van der Waals surface area contributed by atoms with Gasteiger partial charge in [-0.25, -0.2) is 0 Å². The molecule has 1 aliphatic carbocycles. The molecule has 0 aromatic carbocycles. The Bertz CT molecular complexity index is 198. The van der Waals surface area contributed by atoms with Crippen LogP contribution in [-0.4, -0.2) is 6.61 Å². The Morgan fingerprint density at radius 2 is 1.10 bits per heavy atom. The van der Waals surface area contributed by atoms with Gasteiger partial charge in [-0.05, 0) is 25.2 Å². The van der Waals surface area contributed by atoms with E-state index in [0.29, 0.717) is 0 Å². The molecule has 125 valence electrons. The summed E-state index contributed by atoms with van der Waals surface area (Å²) in [7, 11) is 0. The zero-order valence-electron chi connectivity index (χ0n) is 14.6. The van der Waals surface area contributed by atoms with Gasteiger partial charge in [-0.15, -0.1) is 0 Å². The lowest BCUT2D eigenvalue weighted by molar-refractivity contribution is 0.180. The molecule has 1 nitrogen and oxygen atoms in total. The molecule has 1 saturated carbocycles. The second-order valence-electron chi connectivity index (χ2n) is 6.94. The average molecular weight is 296 g/mol. The molecule has 0 amide bonds. The summed E-state index contributed by atoms with van der Waals surface area (Å²) < 4.78 is 5.54. The molecule has 0 bridgehead atoms. The maximum Gasteiger partial charge on any atom is 0.0867 e. The highest BCUT2D eigenvalue weighted by Gasteiger charge is 2.21. The third-order valence-electron chi connectivity index (χ3n) is 4.53. The van der Waals surface area contributed by atoms with Gasteiger partial charge in [-0.3, -0.25) is 0 Å². The summed E-state index contributed by atoms with van der Waals surface area (Å²) in [4.78, 5) is 0. The van der Waals surface area contributed by atoms with Crippen LogP contribution in [0.1, 0.15) is 110 Å². The largest absolute Gasteiger partial charge is 0.375 e. The summed E-state index contributed by atoms with van der Waals surface area (Å²) >= 11 is 0. The van der Waals surface area contributed by atoms with Crippen LogP contribution in [0.15, 0.2) is 0 Å². The molecule has 0 spiro atoms. The van der Waals surface area contributed by atoms with Crippen molar-refractivity contribution in [3.63, 3.8) is 0 Å². The maximum atomic E-state index is 5.54. The molecule has 1 fully saturated rings. The van der Waals surface area contributed by atoms with Crippen molar-refractivity contribution < 1.29 is 4.74 Å². The Morgan fingerprint density at radius 1 is 0.667 bits per heavy atom. The minimum Gasteiger partial charge on any atom is -0.375 e. The topological polar surface area (TPSA) is 9.23 Å². The van der Waals surface area contributed by atoms with E-state index >= 15 is 0 Å². The molecule has 0 saturated heterocycles. The van der Waals surface area contributed by atoms with E-state index in [1.54, 1.807) is 0 Å². The van der Waals surface area contributed by atoms with Crippen molar-refractivity contribution in [3.8, 4) is 0 Å². The zero-order valence-corrected chi connectivity index (χ0v) is 14.6. The van der Waals surface area contributed by atoms with E-state index in [9.17, 15) is 0 Å². The van der Waals surface area contributed by atoms with Gasteiger partial charge < -0.3 is 4.74 Å².